The third-order valence-corrected chi connectivity index (χ3v) is 6.26. The van der Waals surface area contributed by atoms with Gasteiger partial charge in [0.25, 0.3) is 5.56 Å². The number of benzene rings is 2. The molecule has 0 N–H and O–H groups in total. The molecule has 154 valence electrons. The normalized spacial score (nSPS) is 14.6. The van der Waals surface area contributed by atoms with Gasteiger partial charge in [-0.05, 0) is 36.2 Å². The van der Waals surface area contributed by atoms with Crippen LogP contribution in [0.4, 0.5) is 0 Å². The molecule has 0 saturated carbocycles. The fourth-order valence-corrected chi connectivity index (χ4v) is 4.58. The van der Waals surface area contributed by atoms with Crippen LogP contribution in [0.2, 0.25) is 0 Å². The molecule has 1 aliphatic heterocycles. The Hall–Kier alpha value is -2.66. The van der Waals surface area contributed by atoms with Crippen LogP contribution < -0.4 is 5.56 Å². The van der Waals surface area contributed by atoms with E-state index in [-0.39, 0.29) is 5.56 Å². The lowest BCUT2D eigenvalue weighted by molar-refractivity contribution is 0.0368. The summed E-state index contributed by atoms with van der Waals surface area (Å²) in [5.41, 5.74) is 2.42. The van der Waals surface area contributed by atoms with Crippen LogP contribution >= 0.6 is 11.8 Å². The molecule has 0 spiro atoms. The summed E-state index contributed by atoms with van der Waals surface area (Å²) in [5, 5.41) is 10.5. The first-order valence-corrected chi connectivity index (χ1v) is 11.1. The number of morpholine rings is 1. The summed E-state index contributed by atoms with van der Waals surface area (Å²) in [6.07, 6.45) is 0.886. The molecule has 1 fully saturated rings. The number of aromatic nitrogens is 2. The zero-order valence-corrected chi connectivity index (χ0v) is 17.6. The quantitative estimate of drug-likeness (QED) is 0.432. The number of nitrogens with zero attached hydrogens (tertiary/aromatic N) is 4. The van der Waals surface area contributed by atoms with Crippen LogP contribution in [0, 0.1) is 11.3 Å². The second kappa shape index (κ2) is 9.90. The average Bonchev–Trinajstić information content (AvgIpc) is 2.80. The molecular weight excluding hydrogens is 396 g/mol. The molecular formula is C23H24N4O2S. The maximum atomic E-state index is 13.2. The van der Waals surface area contributed by atoms with Gasteiger partial charge < -0.3 is 4.74 Å². The third kappa shape index (κ3) is 4.90. The van der Waals surface area contributed by atoms with Crippen LogP contribution in [0.3, 0.4) is 0 Å². The first-order valence-electron chi connectivity index (χ1n) is 10.2. The molecule has 1 aliphatic rings. The van der Waals surface area contributed by atoms with Crippen molar-refractivity contribution < 1.29 is 4.74 Å². The Kier molecular flexibility index (Phi) is 6.80. The number of para-hydroxylation sites is 1. The van der Waals surface area contributed by atoms with Gasteiger partial charge >= 0.3 is 0 Å². The third-order valence-electron chi connectivity index (χ3n) is 5.21. The second-order valence-electron chi connectivity index (χ2n) is 7.28. The Morgan fingerprint density at radius 1 is 1.10 bits per heavy atom. The van der Waals surface area contributed by atoms with Gasteiger partial charge in [0.1, 0.15) is 0 Å². The fraction of sp³-hybridized carbons (Fsp3) is 0.348. The van der Waals surface area contributed by atoms with Gasteiger partial charge in [0.15, 0.2) is 5.16 Å². The van der Waals surface area contributed by atoms with Crippen molar-refractivity contribution in [1.29, 1.82) is 5.26 Å². The number of thioether (sulfide) groups is 1. The van der Waals surface area contributed by atoms with Crippen molar-refractivity contribution >= 4 is 22.7 Å². The van der Waals surface area contributed by atoms with Gasteiger partial charge in [-0.15, -0.1) is 0 Å². The van der Waals surface area contributed by atoms with Crippen LogP contribution in [0.5, 0.6) is 0 Å². The van der Waals surface area contributed by atoms with Crippen molar-refractivity contribution in [2.24, 2.45) is 0 Å². The molecule has 0 bridgehead atoms. The van der Waals surface area contributed by atoms with Gasteiger partial charge in [0.2, 0.25) is 0 Å². The Labute approximate surface area is 180 Å². The minimum Gasteiger partial charge on any atom is -0.379 e. The van der Waals surface area contributed by atoms with E-state index in [1.807, 2.05) is 47.0 Å². The molecule has 2 aromatic carbocycles. The Morgan fingerprint density at radius 2 is 1.93 bits per heavy atom. The topological polar surface area (TPSA) is 71.2 Å². The zero-order chi connectivity index (χ0) is 20.8. The predicted molar refractivity (Wildman–Crippen MR) is 119 cm³/mol. The van der Waals surface area contributed by atoms with Gasteiger partial charge in [-0.3, -0.25) is 14.3 Å². The highest BCUT2D eigenvalue weighted by Gasteiger charge is 2.14. The smallest absolute Gasteiger partial charge is 0.262 e. The van der Waals surface area contributed by atoms with Gasteiger partial charge in [-0.2, -0.15) is 5.26 Å². The van der Waals surface area contributed by atoms with Crippen molar-refractivity contribution in [3.63, 3.8) is 0 Å². The lowest BCUT2D eigenvalue weighted by Crippen LogP contribution is -2.37. The van der Waals surface area contributed by atoms with Gasteiger partial charge in [0.05, 0.1) is 35.7 Å². The van der Waals surface area contributed by atoms with Crippen molar-refractivity contribution in [3.8, 4) is 6.07 Å². The summed E-state index contributed by atoms with van der Waals surface area (Å²) in [4.78, 5) is 20.3. The molecule has 6 nitrogen and oxygen atoms in total. The standard InChI is InChI=1S/C23H24N4O2S/c24-16-18-5-3-6-19(15-18)17-30-23-25-21-8-2-1-7-20(21)22(28)27(23)10-4-9-26-11-13-29-14-12-26/h1-3,5-8,15H,4,9-14,17H2. The van der Waals surface area contributed by atoms with Crippen molar-refractivity contribution in [3.05, 3.63) is 70.0 Å². The van der Waals surface area contributed by atoms with Crippen LogP contribution in [0.25, 0.3) is 10.9 Å². The second-order valence-corrected chi connectivity index (χ2v) is 8.22. The number of ether oxygens (including phenoxy) is 1. The molecule has 0 radical (unpaired) electrons. The summed E-state index contributed by atoms with van der Waals surface area (Å²) in [6.45, 7) is 5.02. The maximum absolute atomic E-state index is 13.2. The Morgan fingerprint density at radius 3 is 2.77 bits per heavy atom. The highest BCUT2D eigenvalue weighted by Crippen LogP contribution is 2.23. The van der Waals surface area contributed by atoms with Gasteiger partial charge in [-0.25, -0.2) is 4.98 Å². The molecule has 0 amide bonds. The number of hydrogen-bond acceptors (Lipinski definition) is 6. The van der Waals surface area contributed by atoms with E-state index in [1.54, 1.807) is 17.8 Å². The minimum absolute atomic E-state index is 0.0100. The van der Waals surface area contributed by atoms with E-state index in [9.17, 15) is 4.79 Å². The molecule has 30 heavy (non-hydrogen) atoms. The Bertz CT molecular complexity index is 1120. The summed E-state index contributed by atoms with van der Waals surface area (Å²) in [7, 11) is 0. The molecule has 7 heteroatoms. The monoisotopic (exact) mass is 420 g/mol. The van der Waals surface area contributed by atoms with E-state index in [0.29, 0.717) is 23.2 Å². The highest BCUT2D eigenvalue weighted by molar-refractivity contribution is 7.98. The molecule has 0 atom stereocenters. The number of nitriles is 1. The molecule has 1 saturated heterocycles. The zero-order valence-electron chi connectivity index (χ0n) is 16.8. The van der Waals surface area contributed by atoms with Gasteiger partial charge in [-0.1, -0.05) is 36.0 Å². The first-order chi connectivity index (χ1) is 14.7. The predicted octanol–water partition coefficient (Wildman–Crippen LogP) is 3.28. The lowest BCUT2D eigenvalue weighted by atomic mass is 10.2. The van der Waals surface area contributed by atoms with Crippen molar-refractivity contribution in [2.75, 3.05) is 32.8 Å². The fourth-order valence-electron chi connectivity index (χ4n) is 3.61. The van der Waals surface area contributed by atoms with Crippen LogP contribution in [0.1, 0.15) is 17.5 Å². The van der Waals surface area contributed by atoms with E-state index in [0.717, 1.165) is 55.5 Å². The molecule has 0 unspecified atom stereocenters. The molecule has 1 aromatic heterocycles. The van der Waals surface area contributed by atoms with Crippen LogP contribution in [-0.2, 0) is 17.0 Å². The average molecular weight is 421 g/mol. The lowest BCUT2D eigenvalue weighted by Gasteiger charge is -2.26. The summed E-state index contributed by atoms with van der Waals surface area (Å²) < 4.78 is 7.22. The van der Waals surface area contributed by atoms with E-state index in [1.165, 1.54) is 0 Å². The van der Waals surface area contributed by atoms with E-state index in [2.05, 4.69) is 11.0 Å². The van der Waals surface area contributed by atoms with Crippen molar-refractivity contribution in [1.82, 2.24) is 14.5 Å². The summed E-state index contributed by atoms with van der Waals surface area (Å²) in [6, 6.07) is 17.2. The minimum atomic E-state index is 0.0100. The highest BCUT2D eigenvalue weighted by atomic mass is 32.2. The largest absolute Gasteiger partial charge is 0.379 e. The van der Waals surface area contributed by atoms with Crippen LogP contribution in [0.15, 0.2) is 58.5 Å². The molecule has 0 aliphatic carbocycles. The molecule has 4 rings (SSSR count). The summed E-state index contributed by atoms with van der Waals surface area (Å²) >= 11 is 1.54. The molecule has 3 aromatic rings. The number of hydrogen-bond donors (Lipinski definition) is 0. The van der Waals surface area contributed by atoms with Crippen LogP contribution in [-0.4, -0.2) is 47.3 Å². The van der Waals surface area contributed by atoms with Crippen molar-refractivity contribution in [2.45, 2.75) is 23.9 Å². The molecule has 2 heterocycles. The maximum Gasteiger partial charge on any atom is 0.262 e. The van der Waals surface area contributed by atoms with E-state index in [4.69, 9.17) is 15.0 Å². The van der Waals surface area contributed by atoms with E-state index < -0.39 is 0 Å². The first kappa shape index (κ1) is 20.6. The van der Waals surface area contributed by atoms with E-state index >= 15 is 0 Å². The number of fused-ring (bicyclic) bond motifs is 1. The SMILES string of the molecule is N#Cc1cccc(CSc2nc3ccccc3c(=O)n2CCCN2CCOCC2)c1. The summed E-state index contributed by atoms with van der Waals surface area (Å²) in [5.74, 6) is 0.657. The Balaban J connectivity index is 1.55. The van der Waals surface area contributed by atoms with Gasteiger partial charge in [0, 0.05) is 31.9 Å². The number of rotatable bonds is 7.